The van der Waals surface area contributed by atoms with Gasteiger partial charge in [0.15, 0.2) is 6.23 Å². The van der Waals surface area contributed by atoms with E-state index >= 15 is 0 Å². The first-order chi connectivity index (χ1) is 11.9. The fourth-order valence-corrected chi connectivity index (χ4v) is 3.58. The van der Waals surface area contributed by atoms with Crippen molar-refractivity contribution in [3.63, 3.8) is 0 Å². The number of nitrogens with one attached hydrogen (secondary N) is 1. The third-order valence-corrected chi connectivity index (χ3v) is 5.13. The van der Waals surface area contributed by atoms with E-state index in [9.17, 15) is 5.11 Å². The molecule has 0 radical (unpaired) electrons. The van der Waals surface area contributed by atoms with Crippen molar-refractivity contribution in [2.75, 3.05) is 5.32 Å². The molecule has 1 unspecified atom stereocenters. The lowest BCUT2D eigenvalue weighted by Gasteiger charge is -2.26. The van der Waals surface area contributed by atoms with Gasteiger partial charge in [0, 0.05) is 10.6 Å². The van der Waals surface area contributed by atoms with Crippen LogP contribution >= 0.6 is 23.2 Å². The summed E-state index contributed by atoms with van der Waals surface area (Å²) in [7, 11) is 0. The highest BCUT2D eigenvalue weighted by Gasteiger charge is 2.34. The van der Waals surface area contributed by atoms with E-state index in [1.165, 1.54) is 11.6 Å². The number of fused-ring (bicyclic) bond motifs is 1. The summed E-state index contributed by atoms with van der Waals surface area (Å²) in [6, 6.07) is 7.53. The first-order valence-corrected chi connectivity index (χ1v) is 9.43. The predicted octanol–water partition coefficient (Wildman–Crippen LogP) is 6.80. The molecule has 0 fully saturated rings. The Morgan fingerprint density at radius 1 is 0.962 bits per heavy atom. The number of hydrogen-bond acceptors (Lipinski definition) is 3. The lowest BCUT2D eigenvalue weighted by atomic mass is 9.80. The van der Waals surface area contributed by atoms with Crippen molar-refractivity contribution in [2.24, 2.45) is 0 Å². The number of anilines is 1. The minimum absolute atomic E-state index is 0.0102. The van der Waals surface area contributed by atoms with Crippen LogP contribution in [0.1, 0.15) is 64.5 Å². The second-order valence-electron chi connectivity index (χ2n) is 8.87. The molecular weight excluding hydrogens is 369 g/mol. The van der Waals surface area contributed by atoms with Crippen molar-refractivity contribution < 1.29 is 9.84 Å². The van der Waals surface area contributed by atoms with E-state index in [1.54, 1.807) is 6.07 Å². The Morgan fingerprint density at radius 2 is 1.62 bits per heavy atom. The van der Waals surface area contributed by atoms with Crippen LogP contribution in [0.25, 0.3) is 0 Å². The summed E-state index contributed by atoms with van der Waals surface area (Å²) < 4.78 is 6.22. The zero-order chi connectivity index (χ0) is 19.4. The molecule has 5 heteroatoms. The van der Waals surface area contributed by atoms with Gasteiger partial charge in [0.05, 0.1) is 16.3 Å². The minimum atomic E-state index is -0.544. The van der Waals surface area contributed by atoms with Crippen LogP contribution in [0.15, 0.2) is 24.3 Å². The Labute approximate surface area is 165 Å². The highest BCUT2D eigenvalue weighted by atomic mass is 35.5. The largest absolute Gasteiger partial charge is 0.506 e. The number of rotatable bonds is 1. The van der Waals surface area contributed by atoms with Gasteiger partial charge in [-0.1, -0.05) is 70.8 Å². The van der Waals surface area contributed by atoms with Crippen LogP contribution in [0.5, 0.6) is 11.5 Å². The van der Waals surface area contributed by atoms with Crippen LogP contribution in [0.4, 0.5) is 5.69 Å². The van der Waals surface area contributed by atoms with E-state index in [0.717, 1.165) is 17.0 Å². The SMILES string of the molecule is CC(C)(C)c1cc2c(c(C(C)(C)C)c1)OC(c1cc(Cl)cc(Cl)c1O)N2. The van der Waals surface area contributed by atoms with E-state index in [0.29, 0.717) is 10.6 Å². The fourth-order valence-electron chi connectivity index (χ4n) is 3.07. The Kier molecular flexibility index (Phi) is 4.61. The molecule has 2 aromatic rings. The molecular formula is C21H25Cl2NO2. The summed E-state index contributed by atoms with van der Waals surface area (Å²) in [6.07, 6.45) is -0.544. The van der Waals surface area contributed by atoms with E-state index in [-0.39, 0.29) is 21.6 Å². The number of phenols is 1. The molecule has 0 spiro atoms. The highest BCUT2D eigenvalue weighted by Crippen LogP contribution is 2.49. The highest BCUT2D eigenvalue weighted by molar-refractivity contribution is 6.35. The number of hydrogen-bond donors (Lipinski definition) is 2. The zero-order valence-electron chi connectivity index (χ0n) is 16.0. The smallest absolute Gasteiger partial charge is 0.200 e. The average molecular weight is 394 g/mol. The van der Waals surface area contributed by atoms with Gasteiger partial charge in [-0.15, -0.1) is 0 Å². The molecule has 26 heavy (non-hydrogen) atoms. The van der Waals surface area contributed by atoms with Gasteiger partial charge in [-0.2, -0.15) is 0 Å². The topological polar surface area (TPSA) is 41.5 Å². The van der Waals surface area contributed by atoms with Crippen molar-refractivity contribution in [3.8, 4) is 11.5 Å². The molecule has 0 bridgehead atoms. The minimum Gasteiger partial charge on any atom is -0.506 e. The summed E-state index contributed by atoms with van der Waals surface area (Å²) in [5.41, 5.74) is 3.72. The van der Waals surface area contributed by atoms with Gasteiger partial charge >= 0.3 is 0 Å². The van der Waals surface area contributed by atoms with Gasteiger partial charge in [0.25, 0.3) is 0 Å². The maximum atomic E-state index is 10.4. The van der Waals surface area contributed by atoms with Crippen molar-refractivity contribution in [2.45, 2.75) is 58.6 Å². The second kappa shape index (κ2) is 6.24. The van der Waals surface area contributed by atoms with Crippen LogP contribution in [0, 0.1) is 0 Å². The van der Waals surface area contributed by atoms with Crippen LogP contribution in [-0.4, -0.2) is 5.11 Å². The maximum absolute atomic E-state index is 10.4. The number of phenolic OH excluding ortho intramolecular Hbond substituents is 1. The summed E-state index contributed by atoms with van der Waals surface area (Å²) in [5, 5.41) is 14.4. The molecule has 2 N–H and O–H groups in total. The van der Waals surface area contributed by atoms with Crippen LogP contribution < -0.4 is 10.1 Å². The molecule has 3 rings (SSSR count). The lowest BCUT2D eigenvalue weighted by Crippen LogP contribution is -2.17. The Hall–Kier alpha value is -1.58. The van der Waals surface area contributed by atoms with E-state index < -0.39 is 6.23 Å². The van der Waals surface area contributed by atoms with Gasteiger partial charge in [-0.3, -0.25) is 0 Å². The Morgan fingerprint density at radius 3 is 2.19 bits per heavy atom. The molecule has 0 aliphatic carbocycles. The van der Waals surface area contributed by atoms with Crippen molar-refractivity contribution >= 4 is 28.9 Å². The summed E-state index contributed by atoms with van der Waals surface area (Å²) >= 11 is 12.2. The lowest BCUT2D eigenvalue weighted by molar-refractivity contribution is 0.248. The first kappa shape index (κ1) is 19.2. The summed E-state index contributed by atoms with van der Waals surface area (Å²) in [5.74, 6) is 0.792. The molecule has 1 aliphatic heterocycles. The number of halogens is 2. The van der Waals surface area contributed by atoms with Gasteiger partial charge in [0.1, 0.15) is 11.5 Å². The molecule has 1 heterocycles. The Balaban J connectivity index is 2.11. The molecule has 1 aliphatic rings. The van der Waals surface area contributed by atoms with Crippen LogP contribution in [0.3, 0.4) is 0 Å². The van der Waals surface area contributed by atoms with Crippen molar-refractivity contribution in [3.05, 3.63) is 51.0 Å². The van der Waals surface area contributed by atoms with Gasteiger partial charge in [-0.05, 0) is 34.6 Å². The molecule has 2 aromatic carbocycles. The van der Waals surface area contributed by atoms with Crippen molar-refractivity contribution in [1.82, 2.24) is 0 Å². The fraction of sp³-hybridized carbons (Fsp3) is 0.429. The van der Waals surface area contributed by atoms with Crippen LogP contribution in [0.2, 0.25) is 10.0 Å². The van der Waals surface area contributed by atoms with Crippen LogP contribution in [-0.2, 0) is 10.8 Å². The number of aromatic hydroxyl groups is 1. The normalized spacial score (nSPS) is 16.8. The van der Waals surface area contributed by atoms with E-state index in [2.05, 4.69) is 59.0 Å². The van der Waals surface area contributed by atoms with Gasteiger partial charge < -0.3 is 15.2 Å². The van der Waals surface area contributed by atoms with Gasteiger partial charge in [0.2, 0.25) is 0 Å². The van der Waals surface area contributed by atoms with E-state index in [4.69, 9.17) is 27.9 Å². The third kappa shape index (κ3) is 3.47. The average Bonchev–Trinajstić information content (AvgIpc) is 2.91. The first-order valence-electron chi connectivity index (χ1n) is 8.68. The van der Waals surface area contributed by atoms with E-state index in [1.807, 2.05) is 0 Å². The quantitative estimate of drug-likeness (QED) is 0.559. The maximum Gasteiger partial charge on any atom is 0.200 e. The van der Waals surface area contributed by atoms with Gasteiger partial charge in [-0.25, -0.2) is 0 Å². The standard InChI is InChI=1S/C21H25Cl2NO2/c1-20(2,3)11-7-14(21(4,5)6)18-16(8-11)24-19(26-18)13-9-12(22)10-15(23)17(13)25/h7-10,19,24-25H,1-6H3. The Bertz CT molecular complexity index is 864. The molecule has 0 amide bonds. The monoisotopic (exact) mass is 393 g/mol. The number of benzene rings is 2. The molecule has 0 saturated carbocycles. The zero-order valence-corrected chi connectivity index (χ0v) is 17.5. The summed E-state index contributed by atoms with van der Waals surface area (Å²) in [6.45, 7) is 13.1. The van der Waals surface area contributed by atoms with Crippen molar-refractivity contribution in [1.29, 1.82) is 0 Å². The second-order valence-corrected chi connectivity index (χ2v) is 9.71. The third-order valence-electron chi connectivity index (χ3n) is 4.63. The molecule has 0 saturated heterocycles. The molecule has 0 aromatic heterocycles. The number of ether oxygens (including phenoxy) is 1. The molecule has 1 atom stereocenters. The molecule has 140 valence electrons. The summed E-state index contributed by atoms with van der Waals surface area (Å²) in [4.78, 5) is 0. The molecule has 3 nitrogen and oxygen atoms in total. The predicted molar refractivity (Wildman–Crippen MR) is 109 cm³/mol.